The molecule has 0 bridgehead atoms. The minimum Gasteiger partial charge on any atom is -0.493 e. The number of fused-ring (bicyclic) bond motifs is 1. The van der Waals surface area contributed by atoms with Gasteiger partial charge in [-0.2, -0.15) is 5.10 Å². The molecule has 0 unspecified atom stereocenters. The molecule has 3 heterocycles. The quantitative estimate of drug-likeness (QED) is 0.843. The van der Waals surface area contributed by atoms with Crippen LogP contribution in [0.3, 0.4) is 0 Å². The molecule has 126 valence electrons. The van der Waals surface area contributed by atoms with Crippen molar-refractivity contribution in [1.29, 1.82) is 0 Å². The molecule has 0 aliphatic carbocycles. The summed E-state index contributed by atoms with van der Waals surface area (Å²) in [6.07, 6.45) is 2.80. The molecule has 6 nitrogen and oxygen atoms in total. The molecule has 2 aliphatic rings. The van der Waals surface area contributed by atoms with E-state index in [1.165, 1.54) is 15.8 Å². The van der Waals surface area contributed by atoms with Crippen molar-refractivity contribution in [2.45, 2.75) is 13.0 Å². The third-order valence-corrected chi connectivity index (χ3v) is 4.85. The van der Waals surface area contributed by atoms with Crippen molar-refractivity contribution in [2.75, 3.05) is 37.7 Å². The summed E-state index contributed by atoms with van der Waals surface area (Å²) in [7, 11) is 1.67. The van der Waals surface area contributed by atoms with E-state index in [2.05, 4.69) is 33.1 Å². The van der Waals surface area contributed by atoms with Crippen molar-refractivity contribution in [3.05, 3.63) is 51.9 Å². The van der Waals surface area contributed by atoms with Crippen molar-refractivity contribution in [3.63, 3.8) is 0 Å². The molecule has 2 aliphatic heterocycles. The van der Waals surface area contributed by atoms with Gasteiger partial charge in [0.2, 0.25) is 0 Å². The number of anilines is 1. The molecule has 0 N–H and O–H groups in total. The molecule has 0 amide bonds. The Labute approximate surface area is 141 Å². The molecule has 1 saturated heterocycles. The minimum absolute atomic E-state index is 0.0599. The van der Waals surface area contributed by atoms with Crippen LogP contribution >= 0.6 is 0 Å². The first-order valence-corrected chi connectivity index (χ1v) is 8.44. The lowest BCUT2D eigenvalue weighted by Crippen LogP contribution is -2.46. The van der Waals surface area contributed by atoms with E-state index >= 15 is 0 Å². The number of aromatic nitrogens is 2. The zero-order chi connectivity index (χ0) is 16.5. The largest absolute Gasteiger partial charge is 0.493 e. The zero-order valence-electron chi connectivity index (χ0n) is 13.9. The molecule has 6 heteroatoms. The zero-order valence-corrected chi connectivity index (χ0v) is 13.9. The molecule has 24 heavy (non-hydrogen) atoms. The Morgan fingerprint density at radius 3 is 2.79 bits per heavy atom. The van der Waals surface area contributed by atoms with Crippen molar-refractivity contribution >= 4 is 5.69 Å². The van der Waals surface area contributed by atoms with Crippen LogP contribution in [0, 0.1) is 0 Å². The van der Waals surface area contributed by atoms with Gasteiger partial charge in [-0.05, 0) is 17.2 Å². The number of nitrogens with zero attached hydrogens (tertiary/aromatic N) is 4. The first kappa shape index (κ1) is 15.2. The Hall–Kier alpha value is -2.34. The second-order valence-corrected chi connectivity index (χ2v) is 6.48. The fourth-order valence-electron chi connectivity index (χ4n) is 3.39. The lowest BCUT2D eigenvalue weighted by Gasteiger charge is -2.35. The number of piperazine rings is 1. The van der Waals surface area contributed by atoms with E-state index in [1.807, 2.05) is 0 Å². The number of hydrogen-bond donors (Lipinski definition) is 0. The average Bonchev–Trinajstić information content (AvgIpc) is 3.06. The molecule has 0 radical (unpaired) electrons. The Morgan fingerprint density at radius 2 is 2.00 bits per heavy atom. The number of aryl methyl sites for hydroxylation is 1. The van der Waals surface area contributed by atoms with Gasteiger partial charge >= 0.3 is 0 Å². The summed E-state index contributed by atoms with van der Waals surface area (Å²) >= 11 is 0. The highest BCUT2D eigenvalue weighted by molar-refractivity contribution is 5.43. The Balaban J connectivity index is 1.37. The maximum Gasteiger partial charge on any atom is 0.268 e. The summed E-state index contributed by atoms with van der Waals surface area (Å²) in [5.74, 6) is 1.04. The van der Waals surface area contributed by atoms with Crippen LogP contribution < -0.4 is 15.2 Å². The Morgan fingerprint density at radius 1 is 1.17 bits per heavy atom. The highest BCUT2D eigenvalue weighted by Gasteiger charge is 2.19. The van der Waals surface area contributed by atoms with Crippen LogP contribution in [0.25, 0.3) is 0 Å². The van der Waals surface area contributed by atoms with Crippen molar-refractivity contribution in [2.24, 2.45) is 7.05 Å². The van der Waals surface area contributed by atoms with Gasteiger partial charge < -0.3 is 9.64 Å². The van der Waals surface area contributed by atoms with E-state index in [1.54, 1.807) is 19.3 Å². The molecule has 0 atom stereocenters. The maximum atomic E-state index is 11.7. The lowest BCUT2D eigenvalue weighted by atomic mass is 10.1. The standard InChI is InChI=1S/C18H22N4O2/c1-20-18(23)11-16(12-19-20)22-7-5-21(6-8-22)13-14-2-3-17-15(10-14)4-9-24-17/h2-3,10-12H,4-9,13H2,1H3. The number of rotatable bonds is 3. The molecule has 4 rings (SSSR count). The smallest absolute Gasteiger partial charge is 0.268 e. The van der Waals surface area contributed by atoms with Crippen LogP contribution in [-0.2, 0) is 20.0 Å². The van der Waals surface area contributed by atoms with Crippen molar-refractivity contribution in [1.82, 2.24) is 14.7 Å². The SMILES string of the molecule is Cn1ncc(N2CCN(Cc3ccc4c(c3)CCO4)CC2)cc1=O. The number of ether oxygens (including phenoxy) is 1. The van der Waals surface area contributed by atoms with Crippen LogP contribution in [0.2, 0.25) is 0 Å². The third kappa shape index (κ3) is 3.01. The summed E-state index contributed by atoms with van der Waals surface area (Å²) in [6, 6.07) is 8.21. The molecule has 0 spiro atoms. The topological polar surface area (TPSA) is 50.6 Å². The summed E-state index contributed by atoms with van der Waals surface area (Å²) in [5.41, 5.74) is 3.54. The van der Waals surface area contributed by atoms with Crippen LogP contribution in [0.1, 0.15) is 11.1 Å². The van der Waals surface area contributed by atoms with Gasteiger partial charge in [-0.15, -0.1) is 0 Å². The van der Waals surface area contributed by atoms with E-state index in [0.717, 1.165) is 57.2 Å². The summed E-state index contributed by atoms with van der Waals surface area (Å²) < 4.78 is 6.93. The molecule has 0 saturated carbocycles. The van der Waals surface area contributed by atoms with E-state index in [4.69, 9.17) is 4.74 Å². The van der Waals surface area contributed by atoms with Gasteiger partial charge in [0.05, 0.1) is 18.5 Å². The van der Waals surface area contributed by atoms with Gasteiger partial charge in [0, 0.05) is 52.3 Å². The predicted molar refractivity (Wildman–Crippen MR) is 92.6 cm³/mol. The Bertz CT molecular complexity index is 794. The highest BCUT2D eigenvalue weighted by atomic mass is 16.5. The average molecular weight is 326 g/mol. The maximum absolute atomic E-state index is 11.7. The second kappa shape index (κ2) is 6.28. The lowest BCUT2D eigenvalue weighted by molar-refractivity contribution is 0.249. The van der Waals surface area contributed by atoms with Gasteiger partial charge in [0.15, 0.2) is 0 Å². The number of benzene rings is 1. The van der Waals surface area contributed by atoms with Crippen molar-refractivity contribution in [3.8, 4) is 5.75 Å². The molecule has 2 aromatic rings. The molecule has 1 aromatic carbocycles. The summed E-state index contributed by atoms with van der Waals surface area (Å²) in [5, 5.41) is 4.11. The fraction of sp³-hybridized carbons (Fsp3) is 0.444. The van der Waals surface area contributed by atoms with Crippen molar-refractivity contribution < 1.29 is 4.74 Å². The Kier molecular flexibility index (Phi) is 3.98. The summed E-state index contributed by atoms with van der Waals surface area (Å²) in [4.78, 5) is 16.4. The van der Waals surface area contributed by atoms with Crippen LogP contribution in [0.15, 0.2) is 35.3 Å². The molecular formula is C18H22N4O2. The molecule has 1 fully saturated rings. The highest BCUT2D eigenvalue weighted by Crippen LogP contribution is 2.26. The first-order valence-electron chi connectivity index (χ1n) is 8.44. The van der Waals surface area contributed by atoms with Gasteiger partial charge in [-0.3, -0.25) is 9.69 Å². The van der Waals surface area contributed by atoms with E-state index in [0.29, 0.717) is 0 Å². The van der Waals surface area contributed by atoms with Gasteiger partial charge in [0.25, 0.3) is 5.56 Å². The van der Waals surface area contributed by atoms with Gasteiger partial charge in [0.1, 0.15) is 5.75 Å². The van der Waals surface area contributed by atoms with Crippen LogP contribution in [0.5, 0.6) is 5.75 Å². The van der Waals surface area contributed by atoms with Gasteiger partial charge in [-0.25, -0.2) is 4.68 Å². The normalized spacial score (nSPS) is 17.6. The molecule has 1 aromatic heterocycles. The monoisotopic (exact) mass is 326 g/mol. The molecular weight excluding hydrogens is 304 g/mol. The second-order valence-electron chi connectivity index (χ2n) is 6.48. The van der Waals surface area contributed by atoms with Gasteiger partial charge in [-0.1, -0.05) is 12.1 Å². The fourth-order valence-corrected chi connectivity index (χ4v) is 3.39. The summed E-state index contributed by atoms with van der Waals surface area (Å²) in [6.45, 7) is 5.59. The van der Waals surface area contributed by atoms with Crippen LogP contribution in [-0.4, -0.2) is 47.5 Å². The van der Waals surface area contributed by atoms with E-state index in [9.17, 15) is 4.79 Å². The number of hydrogen-bond acceptors (Lipinski definition) is 5. The van der Waals surface area contributed by atoms with E-state index in [-0.39, 0.29) is 5.56 Å². The predicted octanol–water partition coefficient (Wildman–Crippen LogP) is 1.04. The van der Waals surface area contributed by atoms with E-state index < -0.39 is 0 Å². The first-order chi connectivity index (χ1) is 11.7. The van der Waals surface area contributed by atoms with Crippen LogP contribution in [0.4, 0.5) is 5.69 Å². The minimum atomic E-state index is -0.0599. The third-order valence-electron chi connectivity index (χ3n) is 4.85.